The molecule has 1 fully saturated rings. The van der Waals surface area contributed by atoms with E-state index in [0.717, 1.165) is 23.8 Å². The first-order valence-electron chi connectivity index (χ1n) is 13.4. The average Bonchev–Trinajstić information content (AvgIpc) is 3.33. The van der Waals surface area contributed by atoms with Crippen molar-refractivity contribution in [3.63, 3.8) is 0 Å². The van der Waals surface area contributed by atoms with E-state index in [1.807, 2.05) is 42.8 Å². The summed E-state index contributed by atoms with van der Waals surface area (Å²) >= 11 is 0. The Balaban J connectivity index is 1.57. The van der Waals surface area contributed by atoms with Crippen LogP contribution in [0.25, 0.3) is 11.0 Å². The molecule has 4 rings (SSSR count). The molecule has 1 aliphatic rings. The molecule has 8 heteroatoms. The Labute approximate surface area is 224 Å². The highest BCUT2D eigenvalue weighted by Gasteiger charge is 2.30. The van der Waals surface area contributed by atoms with Crippen LogP contribution in [0.5, 0.6) is 0 Å². The molecule has 0 spiro atoms. The lowest BCUT2D eigenvalue weighted by atomic mass is 9.87. The van der Waals surface area contributed by atoms with Gasteiger partial charge in [0.25, 0.3) is 0 Å². The Kier molecular flexibility index (Phi) is 8.35. The maximum Gasteiger partial charge on any atom is 0.335 e. The number of nitrogens with zero attached hydrogens (tertiary/aromatic N) is 6. The zero-order valence-electron chi connectivity index (χ0n) is 23.0. The molecule has 198 valence electrons. The van der Waals surface area contributed by atoms with Crippen molar-refractivity contribution in [1.29, 1.82) is 5.26 Å². The number of amides is 1. The van der Waals surface area contributed by atoms with Gasteiger partial charge in [-0.2, -0.15) is 10.2 Å². The van der Waals surface area contributed by atoms with E-state index in [1.165, 1.54) is 11.9 Å². The van der Waals surface area contributed by atoms with Gasteiger partial charge in [-0.1, -0.05) is 45.0 Å². The van der Waals surface area contributed by atoms with E-state index in [1.54, 1.807) is 15.7 Å². The Morgan fingerprint density at radius 2 is 1.92 bits per heavy atom. The van der Waals surface area contributed by atoms with Gasteiger partial charge in [0.05, 0.1) is 25.2 Å². The summed E-state index contributed by atoms with van der Waals surface area (Å²) in [7, 11) is 1.94. The third kappa shape index (κ3) is 5.83. The number of hydrogen-bond acceptors (Lipinski definition) is 5. The van der Waals surface area contributed by atoms with Crippen molar-refractivity contribution < 1.29 is 14.2 Å². The number of piperidine rings is 1. The van der Waals surface area contributed by atoms with E-state index in [2.05, 4.69) is 49.1 Å². The summed E-state index contributed by atoms with van der Waals surface area (Å²) in [6, 6.07) is 12.2. The normalized spacial score (nSPS) is 19.0. The molecule has 8 nitrogen and oxygen atoms in total. The van der Waals surface area contributed by atoms with Crippen molar-refractivity contribution in [3.05, 3.63) is 54.0 Å². The monoisotopic (exact) mass is 513 g/mol. The second-order valence-electron chi connectivity index (χ2n) is 10.9. The molecule has 38 heavy (non-hydrogen) atoms. The molecule has 2 aromatic heterocycles. The van der Waals surface area contributed by atoms with Gasteiger partial charge in [-0.15, -0.1) is 0 Å². The van der Waals surface area contributed by atoms with Crippen LogP contribution in [0.1, 0.15) is 62.4 Å². The molecule has 0 saturated carbocycles. The minimum absolute atomic E-state index is 0.0413. The maximum absolute atomic E-state index is 13.5. The molecule has 0 aliphatic carbocycles. The summed E-state index contributed by atoms with van der Waals surface area (Å²) in [6.07, 6.45) is 7.16. The third-order valence-corrected chi connectivity index (χ3v) is 7.54. The highest BCUT2D eigenvalue weighted by atomic mass is 16.2. The second kappa shape index (κ2) is 11.7. The number of carbonyl (C=O) groups excluding carboxylic acids is 2. The van der Waals surface area contributed by atoms with E-state index in [4.69, 9.17) is 5.26 Å². The van der Waals surface area contributed by atoms with E-state index in [-0.39, 0.29) is 30.1 Å². The molecule has 0 N–H and O–H groups in total. The fourth-order valence-electron chi connectivity index (χ4n) is 5.22. The van der Waals surface area contributed by atoms with E-state index >= 15 is 0 Å². The number of aromatic nitrogens is 3. The minimum atomic E-state index is -0.318. The van der Waals surface area contributed by atoms with Gasteiger partial charge < -0.3 is 4.90 Å². The van der Waals surface area contributed by atoms with Gasteiger partial charge in [0.1, 0.15) is 11.8 Å². The second-order valence-corrected chi connectivity index (χ2v) is 10.9. The Morgan fingerprint density at radius 3 is 2.61 bits per heavy atom. The van der Waals surface area contributed by atoms with Crippen molar-refractivity contribution in [3.8, 4) is 6.07 Å². The minimum Gasteiger partial charge on any atom is -0.341 e. The Hall–Kier alpha value is -3.86. The van der Waals surface area contributed by atoms with E-state index in [0.29, 0.717) is 36.4 Å². The van der Waals surface area contributed by atoms with Crippen LogP contribution in [0.2, 0.25) is 0 Å². The lowest BCUT2D eigenvalue weighted by Crippen LogP contribution is -2.44. The van der Waals surface area contributed by atoms with E-state index < -0.39 is 0 Å². The third-order valence-electron chi connectivity index (χ3n) is 7.54. The van der Waals surface area contributed by atoms with Crippen molar-refractivity contribution in [1.82, 2.24) is 19.4 Å². The van der Waals surface area contributed by atoms with Crippen molar-refractivity contribution >= 4 is 34.9 Å². The van der Waals surface area contributed by atoms with E-state index in [9.17, 15) is 9.59 Å². The molecule has 1 aromatic carbocycles. The molecule has 3 atom stereocenters. The van der Waals surface area contributed by atoms with Crippen LogP contribution >= 0.6 is 0 Å². The van der Waals surface area contributed by atoms with Gasteiger partial charge in [-0.3, -0.25) is 14.2 Å². The molecule has 1 aliphatic heterocycles. The predicted octanol–water partition coefficient (Wildman–Crippen LogP) is 4.82. The summed E-state index contributed by atoms with van der Waals surface area (Å²) < 4.78 is 3.59. The van der Waals surface area contributed by atoms with Crippen LogP contribution in [0.4, 0.5) is 5.82 Å². The molecule has 3 heterocycles. The summed E-state index contributed by atoms with van der Waals surface area (Å²) in [4.78, 5) is 36.5. The van der Waals surface area contributed by atoms with Crippen molar-refractivity contribution in [2.75, 3.05) is 20.1 Å². The highest BCUT2D eigenvalue weighted by molar-refractivity contribution is 5.96. The molecule has 0 radical (unpaired) electrons. The van der Waals surface area contributed by atoms with Crippen LogP contribution in [-0.4, -0.2) is 62.2 Å². The molecular formula is C30H37N6O2+. The molecule has 0 bridgehead atoms. The standard InChI is InChI=1S/C30H37N6O2/c1-20(2)16-23-6-8-24(9-7-23)22(4)30(38)36-15-12-26-28(32-19-33-29(26)36)34(5)17-25-18-35(14-11-21(25)3)27(37)10-13-31/h6-9,12,15,17,19-22,25H,10-11,14,16,18H2,1-5H3/q+1/t21-,22?,25?/m1/s1. The summed E-state index contributed by atoms with van der Waals surface area (Å²) in [5.74, 6) is 1.33. The van der Waals surface area contributed by atoms with Gasteiger partial charge in [0.15, 0.2) is 5.65 Å². The van der Waals surface area contributed by atoms with Gasteiger partial charge >= 0.3 is 5.82 Å². The molecule has 2 unspecified atom stereocenters. The van der Waals surface area contributed by atoms with Crippen LogP contribution in [0.3, 0.4) is 0 Å². The Bertz CT molecular complexity index is 1380. The zero-order chi connectivity index (χ0) is 27.4. The quantitative estimate of drug-likeness (QED) is 0.334. The SMILES string of the molecule is CC(C)Cc1ccc(C(C)C(=O)n2ccc3c([N+](C)=CC4CN(C(=O)CC#N)CC[C@H]4C)ncnc32)cc1. The number of carbonyl (C=O) groups is 2. The number of nitriles is 1. The first-order valence-corrected chi connectivity index (χ1v) is 13.4. The number of likely N-dealkylation sites (tertiary alicyclic amines) is 1. The largest absolute Gasteiger partial charge is 0.341 e. The number of fused-ring (bicyclic) bond motifs is 1. The first kappa shape index (κ1) is 27.2. The lowest BCUT2D eigenvalue weighted by Gasteiger charge is -2.34. The maximum atomic E-state index is 13.5. The first-order chi connectivity index (χ1) is 18.2. The fraction of sp³-hybridized carbons (Fsp3) is 0.467. The van der Waals surface area contributed by atoms with Gasteiger partial charge in [-0.25, -0.2) is 4.58 Å². The van der Waals surface area contributed by atoms with Crippen molar-refractivity contribution in [2.24, 2.45) is 17.8 Å². The van der Waals surface area contributed by atoms with Gasteiger partial charge in [0, 0.05) is 25.2 Å². The fourth-order valence-corrected chi connectivity index (χ4v) is 5.22. The predicted molar refractivity (Wildman–Crippen MR) is 148 cm³/mol. The molecule has 1 saturated heterocycles. The van der Waals surface area contributed by atoms with Crippen LogP contribution in [-0.2, 0) is 11.2 Å². The van der Waals surface area contributed by atoms with Crippen molar-refractivity contribution in [2.45, 2.75) is 52.9 Å². The highest BCUT2D eigenvalue weighted by Crippen LogP contribution is 2.27. The van der Waals surface area contributed by atoms with Gasteiger partial charge in [0.2, 0.25) is 18.1 Å². The van der Waals surface area contributed by atoms with Crippen LogP contribution in [0.15, 0.2) is 42.9 Å². The van der Waals surface area contributed by atoms with Gasteiger partial charge in [-0.05, 0) is 53.8 Å². The van der Waals surface area contributed by atoms with Crippen LogP contribution in [0, 0.1) is 29.1 Å². The molecule has 1 amide bonds. The summed E-state index contributed by atoms with van der Waals surface area (Å²) in [6.45, 7) is 9.76. The number of hydrogen-bond donors (Lipinski definition) is 0. The average molecular weight is 514 g/mol. The topological polar surface area (TPSA) is 94.9 Å². The molecule has 3 aromatic rings. The summed E-state index contributed by atoms with van der Waals surface area (Å²) in [5.41, 5.74) is 2.83. The lowest BCUT2D eigenvalue weighted by molar-refractivity contribution is -0.405. The number of rotatable bonds is 7. The number of benzene rings is 1. The Morgan fingerprint density at radius 1 is 1.18 bits per heavy atom. The smallest absolute Gasteiger partial charge is 0.335 e. The summed E-state index contributed by atoms with van der Waals surface area (Å²) in [5, 5.41) is 9.70. The zero-order valence-corrected chi connectivity index (χ0v) is 23.0. The van der Waals surface area contributed by atoms with Crippen LogP contribution < -0.4 is 0 Å². The molecular weight excluding hydrogens is 476 g/mol.